The zero-order valence-corrected chi connectivity index (χ0v) is 16.0. The Morgan fingerprint density at radius 2 is 1.81 bits per heavy atom. The van der Waals surface area contributed by atoms with E-state index >= 15 is 0 Å². The highest BCUT2D eigenvalue weighted by Crippen LogP contribution is 2.53. The van der Waals surface area contributed by atoms with Gasteiger partial charge in [-0.05, 0) is 37.0 Å². The number of ether oxygens (including phenoxy) is 3. The molecule has 142 valence electrons. The van der Waals surface area contributed by atoms with Crippen LogP contribution in [0.15, 0.2) is 54.6 Å². The van der Waals surface area contributed by atoms with Gasteiger partial charge < -0.3 is 19.5 Å². The van der Waals surface area contributed by atoms with Crippen LogP contribution >= 0.6 is 0 Å². The maximum absolute atomic E-state index is 6.05. The molecule has 0 fully saturated rings. The fourth-order valence-corrected chi connectivity index (χ4v) is 4.30. The van der Waals surface area contributed by atoms with Gasteiger partial charge >= 0.3 is 0 Å². The summed E-state index contributed by atoms with van der Waals surface area (Å²) in [6.07, 6.45) is 5.71. The van der Waals surface area contributed by atoms with Crippen molar-refractivity contribution in [2.75, 3.05) is 32.2 Å². The number of anilines is 1. The molecule has 4 heteroatoms. The SMILES string of the molecule is CCOCCOc1cccc2c1NC(c1ccccc1OC)C1CC=CC21. The molecule has 3 unspecified atom stereocenters. The Balaban J connectivity index is 1.68. The van der Waals surface area contributed by atoms with E-state index in [0.29, 0.717) is 31.7 Å². The van der Waals surface area contributed by atoms with E-state index in [0.717, 1.165) is 23.6 Å². The van der Waals surface area contributed by atoms with Crippen LogP contribution in [0.5, 0.6) is 11.5 Å². The molecule has 0 aromatic heterocycles. The number of hydrogen-bond acceptors (Lipinski definition) is 4. The van der Waals surface area contributed by atoms with Crippen LogP contribution in [0.25, 0.3) is 0 Å². The lowest BCUT2D eigenvalue weighted by Crippen LogP contribution is -2.29. The average molecular weight is 365 g/mol. The smallest absolute Gasteiger partial charge is 0.142 e. The maximum Gasteiger partial charge on any atom is 0.142 e. The first-order valence-corrected chi connectivity index (χ1v) is 9.73. The average Bonchev–Trinajstić information content (AvgIpc) is 3.21. The summed E-state index contributed by atoms with van der Waals surface area (Å²) in [4.78, 5) is 0. The molecule has 0 bridgehead atoms. The third kappa shape index (κ3) is 3.42. The molecule has 1 aliphatic carbocycles. The van der Waals surface area contributed by atoms with Crippen molar-refractivity contribution in [1.29, 1.82) is 0 Å². The highest BCUT2D eigenvalue weighted by Gasteiger charge is 2.39. The quantitative estimate of drug-likeness (QED) is 0.557. The zero-order valence-electron chi connectivity index (χ0n) is 16.0. The van der Waals surface area contributed by atoms with Gasteiger partial charge in [0.15, 0.2) is 0 Å². The van der Waals surface area contributed by atoms with Gasteiger partial charge in [-0.15, -0.1) is 0 Å². The number of methoxy groups -OCH3 is 1. The Kier molecular flexibility index (Phi) is 5.35. The third-order valence-corrected chi connectivity index (χ3v) is 5.52. The van der Waals surface area contributed by atoms with E-state index in [4.69, 9.17) is 14.2 Å². The molecule has 2 aromatic rings. The first-order chi connectivity index (χ1) is 13.3. The molecule has 4 nitrogen and oxygen atoms in total. The van der Waals surface area contributed by atoms with E-state index in [1.165, 1.54) is 11.1 Å². The Morgan fingerprint density at radius 1 is 1.00 bits per heavy atom. The number of rotatable bonds is 7. The number of allylic oxidation sites excluding steroid dienone is 2. The molecule has 27 heavy (non-hydrogen) atoms. The summed E-state index contributed by atoms with van der Waals surface area (Å²) in [5.74, 6) is 2.70. The lowest BCUT2D eigenvalue weighted by atomic mass is 9.76. The van der Waals surface area contributed by atoms with Gasteiger partial charge in [0, 0.05) is 18.1 Å². The standard InChI is InChI=1S/C23H27NO3/c1-3-26-14-15-27-21-13-7-11-18-16-9-6-10-17(16)22(24-23(18)21)19-8-4-5-12-20(19)25-2/h4-9,11-13,16-17,22,24H,3,10,14-15H2,1-2H3. The fraction of sp³-hybridized carbons (Fsp3) is 0.391. The molecule has 1 heterocycles. The minimum absolute atomic E-state index is 0.185. The third-order valence-electron chi connectivity index (χ3n) is 5.52. The Labute approximate surface area is 161 Å². The molecular formula is C23H27NO3. The van der Waals surface area contributed by atoms with Crippen molar-refractivity contribution in [3.05, 3.63) is 65.7 Å². The van der Waals surface area contributed by atoms with Crippen LogP contribution in [0.4, 0.5) is 5.69 Å². The van der Waals surface area contributed by atoms with E-state index < -0.39 is 0 Å². The number of para-hydroxylation sites is 2. The minimum atomic E-state index is 0.185. The molecule has 2 aromatic carbocycles. The van der Waals surface area contributed by atoms with Crippen LogP contribution in [0.1, 0.15) is 36.4 Å². The van der Waals surface area contributed by atoms with Crippen LogP contribution < -0.4 is 14.8 Å². The Bertz CT molecular complexity index is 817. The molecular weight excluding hydrogens is 338 g/mol. The summed E-state index contributed by atoms with van der Waals surface area (Å²) in [7, 11) is 1.74. The van der Waals surface area contributed by atoms with Crippen molar-refractivity contribution in [3.8, 4) is 11.5 Å². The van der Waals surface area contributed by atoms with Crippen molar-refractivity contribution in [3.63, 3.8) is 0 Å². The van der Waals surface area contributed by atoms with E-state index in [1.54, 1.807) is 7.11 Å². The Hall–Kier alpha value is -2.46. The van der Waals surface area contributed by atoms with E-state index in [9.17, 15) is 0 Å². The molecule has 0 saturated carbocycles. The van der Waals surface area contributed by atoms with Crippen molar-refractivity contribution in [2.24, 2.45) is 5.92 Å². The fourth-order valence-electron chi connectivity index (χ4n) is 4.30. The Morgan fingerprint density at radius 3 is 2.67 bits per heavy atom. The molecule has 0 saturated heterocycles. The monoisotopic (exact) mass is 365 g/mol. The van der Waals surface area contributed by atoms with Crippen LogP contribution in [-0.2, 0) is 4.74 Å². The largest absolute Gasteiger partial charge is 0.496 e. The van der Waals surface area contributed by atoms with Crippen LogP contribution in [0.3, 0.4) is 0 Å². The van der Waals surface area contributed by atoms with Crippen molar-refractivity contribution in [1.82, 2.24) is 0 Å². The van der Waals surface area contributed by atoms with Crippen LogP contribution in [0.2, 0.25) is 0 Å². The van der Waals surface area contributed by atoms with Gasteiger partial charge in [0.05, 0.1) is 25.4 Å². The first-order valence-electron chi connectivity index (χ1n) is 9.73. The van der Waals surface area contributed by atoms with Crippen LogP contribution in [-0.4, -0.2) is 26.9 Å². The summed E-state index contributed by atoms with van der Waals surface area (Å²) in [6, 6.07) is 14.8. The van der Waals surface area contributed by atoms with Gasteiger partial charge in [-0.1, -0.05) is 42.5 Å². The second-order valence-corrected chi connectivity index (χ2v) is 6.98. The highest BCUT2D eigenvalue weighted by molar-refractivity contribution is 5.68. The van der Waals surface area contributed by atoms with E-state index in [1.807, 2.05) is 25.1 Å². The van der Waals surface area contributed by atoms with Crippen molar-refractivity contribution >= 4 is 5.69 Å². The highest BCUT2D eigenvalue weighted by atomic mass is 16.5. The second-order valence-electron chi connectivity index (χ2n) is 6.98. The van der Waals surface area contributed by atoms with Crippen molar-refractivity contribution < 1.29 is 14.2 Å². The lowest BCUT2D eigenvalue weighted by Gasteiger charge is -2.38. The van der Waals surface area contributed by atoms with Gasteiger partial charge in [-0.3, -0.25) is 0 Å². The molecule has 4 rings (SSSR count). The number of nitrogens with one attached hydrogen (secondary N) is 1. The van der Waals surface area contributed by atoms with Crippen LogP contribution in [0, 0.1) is 5.92 Å². The molecule has 0 radical (unpaired) electrons. The maximum atomic E-state index is 6.05. The predicted octanol–water partition coefficient (Wildman–Crippen LogP) is 4.94. The molecule has 0 spiro atoms. The van der Waals surface area contributed by atoms with Gasteiger partial charge in [0.1, 0.15) is 18.1 Å². The normalized spacial score (nSPS) is 22.7. The van der Waals surface area contributed by atoms with Gasteiger partial charge in [-0.25, -0.2) is 0 Å². The molecule has 0 amide bonds. The zero-order chi connectivity index (χ0) is 18.6. The van der Waals surface area contributed by atoms with Crippen molar-refractivity contribution in [2.45, 2.75) is 25.3 Å². The molecule has 1 aliphatic heterocycles. The summed E-state index contributed by atoms with van der Waals surface area (Å²) in [5, 5.41) is 3.78. The lowest BCUT2D eigenvalue weighted by molar-refractivity contribution is 0.110. The second kappa shape index (κ2) is 8.05. The summed E-state index contributed by atoms with van der Waals surface area (Å²) in [6.45, 7) is 3.85. The molecule has 3 atom stereocenters. The van der Waals surface area contributed by atoms with E-state index in [2.05, 4.69) is 41.7 Å². The number of benzene rings is 2. The summed E-state index contributed by atoms with van der Waals surface area (Å²) < 4.78 is 17.1. The summed E-state index contributed by atoms with van der Waals surface area (Å²) in [5.41, 5.74) is 3.61. The molecule has 2 aliphatic rings. The minimum Gasteiger partial charge on any atom is -0.496 e. The van der Waals surface area contributed by atoms with E-state index in [-0.39, 0.29) is 6.04 Å². The first kappa shape index (κ1) is 17.9. The number of fused-ring (bicyclic) bond motifs is 3. The molecule has 1 N–H and O–H groups in total. The van der Waals surface area contributed by atoms with Gasteiger partial charge in [0.2, 0.25) is 0 Å². The summed E-state index contributed by atoms with van der Waals surface area (Å²) >= 11 is 0. The van der Waals surface area contributed by atoms with Gasteiger partial charge in [0.25, 0.3) is 0 Å². The number of hydrogen-bond donors (Lipinski definition) is 1. The van der Waals surface area contributed by atoms with Gasteiger partial charge in [-0.2, -0.15) is 0 Å². The predicted molar refractivity (Wildman–Crippen MR) is 108 cm³/mol. The topological polar surface area (TPSA) is 39.7 Å².